The first kappa shape index (κ1) is 20.9. The van der Waals surface area contributed by atoms with E-state index in [0.29, 0.717) is 16.6 Å². The zero-order chi connectivity index (χ0) is 23.7. The largest absolute Gasteiger partial charge is 0.692 e. The van der Waals surface area contributed by atoms with E-state index < -0.39 is 42.9 Å². The Morgan fingerprint density at radius 2 is 1.52 bits per heavy atom. The molecule has 33 heavy (non-hydrogen) atoms. The lowest BCUT2D eigenvalue weighted by Crippen LogP contribution is -2.37. The van der Waals surface area contributed by atoms with Crippen LogP contribution in [-0.2, 0) is 0 Å². The van der Waals surface area contributed by atoms with Crippen molar-refractivity contribution < 1.29 is 19.6 Å². The summed E-state index contributed by atoms with van der Waals surface area (Å²) in [7, 11) is 0. The molecule has 166 valence electrons. The van der Waals surface area contributed by atoms with Gasteiger partial charge in [-0.3, -0.25) is 35.8 Å². The molecular weight excluding hydrogens is 440 g/mol. The molecule has 0 aliphatic rings. The fourth-order valence-corrected chi connectivity index (χ4v) is 3.04. The van der Waals surface area contributed by atoms with Crippen molar-refractivity contribution in [2.75, 3.05) is 10.9 Å². The number of anilines is 2. The molecule has 15 heteroatoms. The van der Waals surface area contributed by atoms with Gasteiger partial charge < -0.3 is 10.6 Å². The Bertz CT molecular complexity index is 1420. The number of hydrazine groups is 1. The Balaban J connectivity index is 1.79. The minimum absolute atomic E-state index is 0.0726. The number of para-hydroxylation sites is 1. The number of non-ortho nitro benzene ring substituents is 2. The maximum Gasteiger partial charge on any atom is 0.334 e. The van der Waals surface area contributed by atoms with Crippen LogP contribution < -0.4 is 15.7 Å². The molecule has 0 spiro atoms. The Morgan fingerprint density at radius 1 is 0.818 bits per heavy atom. The average Bonchev–Trinajstić information content (AvgIpc) is 3.13. The fourth-order valence-electron chi connectivity index (χ4n) is 3.04. The number of rotatable bonds is 7. The van der Waals surface area contributed by atoms with Crippen LogP contribution in [0.2, 0.25) is 0 Å². The van der Waals surface area contributed by atoms with Gasteiger partial charge in [0, 0.05) is 6.07 Å². The molecule has 4 rings (SSSR count). The van der Waals surface area contributed by atoms with Crippen molar-refractivity contribution in [2.45, 2.75) is 0 Å². The highest BCUT2D eigenvalue weighted by atomic mass is 16.6. The molecule has 2 N–H and O–H groups in total. The molecule has 1 heterocycles. The maximum absolute atomic E-state index is 12.7. The van der Waals surface area contributed by atoms with Gasteiger partial charge in [0.2, 0.25) is 5.52 Å². The average molecular weight is 452 g/mol. The van der Waals surface area contributed by atoms with Crippen molar-refractivity contribution >= 4 is 39.5 Å². The molecule has 1 aromatic heterocycles. The van der Waals surface area contributed by atoms with Crippen molar-refractivity contribution in [2.24, 2.45) is 0 Å². The van der Waals surface area contributed by atoms with Crippen molar-refractivity contribution in [1.29, 1.82) is 0 Å². The number of benzene rings is 3. The molecule has 0 aliphatic carbocycles. The van der Waals surface area contributed by atoms with Gasteiger partial charge in [-0.25, -0.2) is 0 Å². The minimum atomic E-state index is -0.905. The van der Waals surface area contributed by atoms with Gasteiger partial charge in [0.15, 0.2) is 0 Å². The number of hydrogen-bond acceptors (Lipinski definition) is 10. The second-order valence-electron chi connectivity index (χ2n) is 6.58. The number of nitro groups is 3. The highest BCUT2D eigenvalue weighted by Crippen LogP contribution is 2.30. The van der Waals surface area contributed by atoms with E-state index >= 15 is 0 Å². The van der Waals surface area contributed by atoms with Gasteiger partial charge >= 0.3 is 11.2 Å². The van der Waals surface area contributed by atoms with E-state index in [1.165, 1.54) is 12.1 Å². The zero-order valence-corrected chi connectivity index (χ0v) is 16.3. The highest BCUT2D eigenvalue weighted by Gasteiger charge is 2.31. The Kier molecular flexibility index (Phi) is 5.11. The predicted octanol–water partition coefficient (Wildman–Crippen LogP) is 2.82. The summed E-state index contributed by atoms with van der Waals surface area (Å²) in [6.07, 6.45) is 0. The van der Waals surface area contributed by atoms with E-state index in [-0.39, 0.29) is 16.2 Å². The van der Waals surface area contributed by atoms with Crippen LogP contribution in [0.5, 0.6) is 0 Å². The monoisotopic (exact) mass is 452 g/mol. The first-order chi connectivity index (χ1) is 15.8. The van der Waals surface area contributed by atoms with Gasteiger partial charge in [0.1, 0.15) is 11.4 Å². The smallest absolute Gasteiger partial charge is 0.334 e. The maximum atomic E-state index is 12.7. The quantitative estimate of drug-likeness (QED) is 0.182. The lowest BCUT2D eigenvalue weighted by Gasteiger charge is -2.11. The zero-order valence-electron chi connectivity index (χ0n) is 16.3. The van der Waals surface area contributed by atoms with E-state index in [4.69, 9.17) is 0 Å². The molecule has 15 nitrogen and oxygen atoms in total. The first-order valence-corrected chi connectivity index (χ1v) is 9.07. The van der Waals surface area contributed by atoms with E-state index in [1.54, 1.807) is 30.3 Å². The summed E-state index contributed by atoms with van der Waals surface area (Å²) in [6.45, 7) is 0. The van der Waals surface area contributed by atoms with E-state index in [0.717, 1.165) is 12.1 Å². The number of nitrogens with one attached hydrogen (secondary N) is 2. The van der Waals surface area contributed by atoms with Crippen LogP contribution in [0.1, 0.15) is 0 Å². The van der Waals surface area contributed by atoms with Crippen molar-refractivity contribution in [3.8, 4) is 5.69 Å². The van der Waals surface area contributed by atoms with Crippen LogP contribution in [0.25, 0.3) is 16.7 Å². The molecule has 0 bridgehead atoms. The number of hydrogen-bond donors (Lipinski definition) is 2. The van der Waals surface area contributed by atoms with Crippen molar-refractivity contribution in [3.05, 3.63) is 96.2 Å². The number of nitro benzene ring substituents is 3. The number of fused-ring (bicyclic) bond motifs is 1. The normalized spacial score (nSPS) is 10.7. The van der Waals surface area contributed by atoms with Gasteiger partial charge in [-0.05, 0) is 29.1 Å². The lowest BCUT2D eigenvalue weighted by molar-refractivity contribution is -0.664. The summed E-state index contributed by atoms with van der Waals surface area (Å²) in [4.78, 5) is 32.3. The van der Waals surface area contributed by atoms with Crippen LogP contribution >= 0.6 is 0 Å². The van der Waals surface area contributed by atoms with Gasteiger partial charge in [-0.1, -0.05) is 18.2 Å². The van der Waals surface area contributed by atoms with Gasteiger partial charge in [-0.2, -0.15) is 0 Å². The van der Waals surface area contributed by atoms with Crippen LogP contribution in [0.3, 0.4) is 0 Å². The molecule has 0 aliphatic heterocycles. The predicted molar refractivity (Wildman–Crippen MR) is 114 cm³/mol. The first-order valence-electron chi connectivity index (χ1n) is 9.07. The molecule has 0 atom stereocenters. The third-order valence-corrected chi connectivity index (χ3v) is 4.56. The SMILES string of the molecule is O=[N+]([O-])c1cc([N+](=O)[O-])c2nn(-c3ccc(NNc4ccccc4)c([N+](=O)[O-])c3)[n+]([O-])c2c1. The van der Waals surface area contributed by atoms with Gasteiger partial charge in [-0.15, -0.1) is 4.85 Å². The summed E-state index contributed by atoms with van der Waals surface area (Å²) in [5, 5.41) is 50.6. The van der Waals surface area contributed by atoms with Crippen LogP contribution in [-0.4, -0.2) is 24.7 Å². The third-order valence-electron chi connectivity index (χ3n) is 4.56. The van der Waals surface area contributed by atoms with Gasteiger partial charge in [0.05, 0.1) is 37.7 Å². The number of aromatic nitrogens is 3. The molecule has 0 amide bonds. The minimum Gasteiger partial charge on any atom is -0.692 e. The highest BCUT2D eigenvalue weighted by molar-refractivity contribution is 5.84. The summed E-state index contributed by atoms with van der Waals surface area (Å²) in [6, 6.07) is 14.0. The molecule has 0 radical (unpaired) electrons. The lowest BCUT2D eigenvalue weighted by atomic mass is 10.2. The van der Waals surface area contributed by atoms with E-state index in [9.17, 15) is 35.6 Å². The van der Waals surface area contributed by atoms with E-state index in [1.807, 2.05) is 0 Å². The second-order valence-corrected chi connectivity index (χ2v) is 6.58. The summed E-state index contributed by atoms with van der Waals surface area (Å²) in [5.74, 6) is 0. The molecule has 0 saturated carbocycles. The number of nitrogens with zero attached hydrogens (tertiary/aromatic N) is 6. The Labute approximate surface area is 182 Å². The van der Waals surface area contributed by atoms with Crippen molar-refractivity contribution in [1.82, 2.24) is 9.90 Å². The fraction of sp³-hybridized carbons (Fsp3) is 0. The Hall–Kier alpha value is -5.34. The second kappa shape index (κ2) is 8.06. The molecule has 4 aromatic rings. The molecular formula is C18H12N8O7. The summed E-state index contributed by atoms with van der Waals surface area (Å²) >= 11 is 0. The Morgan fingerprint density at radius 3 is 2.15 bits per heavy atom. The van der Waals surface area contributed by atoms with Crippen molar-refractivity contribution in [3.63, 3.8) is 0 Å². The van der Waals surface area contributed by atoms with Crippen LogP contribution in [0, 0.1) is 35.6 Å². The third kappa shape index (κ3) is 3.88. The van der Waals surface area contributed by atoms with Crippen LogP contribution in [0.4, 0.5) is 28.4 Å². The summed E-state index contributed by atoms with van der Waals surface area (Å²) < 4.78 is 0. The van der Waals surface area contributed by atoms with E-state index in [2.05, 4.69) is 16.0 Å². The summed E-state index contributed by atoms with van der Waals surface area (Å²) in [5.41, 5.74) is 3.45. The molecule has 0 saturated heterocycles. The standard InChI is InChI=1S/C18H12N8O7/c27-23-16-9-13(24(28)29)10-17(26(32)33)18(16)21-22(23)12-6-7-14(15(8-12)25(30)31)20-19-11-4-2-1-3-5-11/h1-10,19-20H. The van der Waals surface area contributed by atoms with Crippen LogP contribution in [0.15, 0.2) is 60.7 Å². The molecule has 0 unspecified atom stereocenters. The van der Waals surface area contributed by atoms with Gasteiger partial charge in [0.25, 0.3) is 11.4 Å². The topological polar surface area (TPSA) is 198 Å². The molecule has 3 aromatic carbocycles. The molecule has 0 fully saturated rings.